The molecule has 0 spiro atoms. The molecule has 1 aromatic rings. The van der Waals surface area contributed by atoms with Crippen molar-refractivity contribution in [3.8, 4) is 0 Å². The molecule has 0 bridgehead atoms. The van der Waals surface area contributed by atoms with E-state index in [0.29, 0.717) is 5.56 Å². The second-order valence-corrected chi connectivity index (χ2v) is 4.99. The molecule has 0 fully saturated rings. The van der Waals surface area contributed by atoms with E-state index >= 15 is 0 Å². The number of aromatic carboxylic acids is 1. The third kappa shape index (κ3) is 1.44. The van der Waals surface area contributed by atoms with Gasteiger partial charge in [-0.25, -0.2) is 4.79 Å². The Bertz CT molecular complexity index is 417. The third-order valence-corrected chi connectivity index (χ3v) is 4.00. The first kappa shape index (κ1) is 9.88. The Labute approximate surface area is 95.3 Å². The zero-order valence-electron chi connectivity index (χ0n) is 9.33. The molecule has 84 valence electrons. The fourth-order valence-corrected chi connectivity index (χ4v) is 3.35. The van der Waals surface area contributed by atoms with Gasteiger partial charge in [0.15, 0.2) is 0 Å². The Morgan fingerprint density at radius 3 is 2.19 bits per heavy atom. The summed E-state index contributed by atoms with van der Waals surface area (Å²) in [6, 6.07) is 3.80. The van der Waals surface area contributed by atoms with Gasteiger partial charge in [0.05, 0.1) is 5.56 Å². The number of carboxylic acids is 1. The van der Waals surface area contributed by atoms with Crippen LogP contribution in [0.5, 0.6) is 0 Å². The number of aryl methyl sites for hydroxylation is 2. The molecule has 2 nitrogen and oxygen atoms in total. The van der Waals surface area contributed by atoms with Gasteiger partial charge >= 0.3 is 5.97 Å². The van der Waals surface area contributed by atoms with Gasteiger partial charge in [0.2, 0.25) is 0 Å². The van der Waals surface area contributed by atoms with Gasteiger partial charge in [-0.1, -0.05) is 0 Å². The van der Waals surface area contributed by atoms with Crippen LogP contribution >= 0.6 is 0 Å². The topological polar surface area (TPSA) is 37.3 Å². The van der Waals surface area contributed by atoms with Crippen molar-refractivity contribution < 1.29 is 9.90 Å². The largest absolute Gasteiger partial charge is 0.478 e. The Kier molecular flexibility index (Phi) is 2.23. The van der Waals surface area contributed by atoms with Crippen molar-refractivity contribution in [3.05, 3.63) is 34.4 Å². The van der Waals surface area contributed by atoms with E-state index in [9.17, 15) is 4.79 Å². The van der Waals surface area contributed by atoms with Gasteiger partial charge in [-0.05, 0) is 73.3 Å². The van der Waals surface area contributed by atoms with Crippen molar-refractivity contribution in [2.75, 3.05) is 0 Å². The Hall–Kier alpha value is -1.31. The highest BCUT2D eigenvalue weighted by Gasteiger charge is 2.27. The van der Waals surface area contributed by atoms with Crippen LogP contribution in [-0.2, 0) is 12.8 Å². The molecule has 0 unspecified atom stereocenters. The maximum absolute atomic E-state index is 11.1. The molecule has 0 amide bonds. The number of carboxylic acid groups (broad SMARTS) is 1. The quantitative estimate of drug-likeness (QED) is 0.783. The number of benzene rings is 1. The second-order valence-electron chi connectivity index (χ2n) is 4.99. The maximum atomic E-state index is 11.1. The van der Waals surface area contributed by atoms with Crippen molar-refractivity contribution in [1.82, 2.24) is 0 Å². The molecule has 0 radical (unpaired) electrons. The smallest absolute Gasteiger partial charge is 0.335 e. The van der Waals surface area contributed by atoms with E-state index in [0.717, 1.165) is 18.8 Å². The van der Waals surface area contributed by atoms with Crippen LogP contribution in [-0.4, -0.2) is 11.1 Å². The van der Waals surface area contributed by atoms with Gasteiger partial charge in [-0.3, -0.25) is 0 Å². The minimum atomic E-state index is -0.785. The molecule has 2 aliphatic carbocycles. The lowest BCUT2D eigenvalue weighted by Crippen LogP contribution is -2.18. The van der Waals surface area contributed by atoms with Gasteiger partial charge in [0.25, 0.3) is 0 Å². The molecule has 0 saturated heterocycles. The number of rotatable bonds is 1. The number of hydrogen-bond donors (Lipinski definition) is 1. The number of hydrogen-bond acceptors (Lipinski definition) is 1. The predicted molar refractivity (Wildman–Crippen MR) is 62.0 cm³/mol. The molecular weight excluding hydrogens is 200 g/mol. The Morgan fingerprint density at radius 1 is 1.12 bits per heavy atom. The highest BCUT2D eigenvalue weighted by atomic mass is 16.4. The highest BCUT2D eigenvalue weighted by Crippen LogP contribution is 2.41. The summed E-state index contributed by atoms with van der Waals surface area (Å²) in [5.74, 6) is -0.0675. The monoisotopic (exact) mass is 216 g/mol. The fourth-order valence-electron chi connectivity index (χ4n) is 3.35. The summed E-state index contributed by atoms with van der Waals surface area (Å²) in [5, 5.41) is 9.09. The van der Waals surface area contributed by atoms with Crippen LogP contribution in [0.1, 0.15) is 58.6 Å². The van der Waals surface area contributed by atoms with E-state index < -0.39 is 5.97 Å². The van der Waals surface area contributed by atoms with Gasteiger partial charge < -0.3 is 5.11 Å². The highest BCUT2D eigenvalue weighted by molar-refractivity contribution is 5.88. The van der Waals surface area contributed by atoms with Crippen LogP contribution in [0.25, 0.3) is 0 Å². The van der Waals surface area contributed by atoms with E-state index in [-0.39, 0.29) is 0 Å². The zero-order valence-corrected chi connectivity index (χ0v) is 9.33. The second kappa shape index (κ2) is 3.62. The molecule has 1 N–H and O–H groups in total. The van der Waals surface area contributed by atoms with E-state index in [4.69, 9.17) is 5.11 Å². The normalized spacial score (nSPS) is 19.2. The SMILES string of the molecule is O=C(O)c1cc2c3c(c1)CCCC3CCC2. The lowest BCUT2D eigenvalue weighted by Gasteiger charge is -2.32. The van der Waals surface area contributed by atoms with Crippen molar-refractivity contribution in [2.45, 2.75) is 44.4 Å². The van der Waals surface area contributed by atoms with E-state index in [1.54, 1.807) is 0 Å². The van der Waals surface area contributed by atoms with Crippen LogP contribution < -0.4 is 0 Å². The minimum absolute atomic E-state index is 0.483. The molecule has 0 saturated carbocycles. The molecule has 3 rings (SSSR count). The van der Waals surface area contributed by atoms with Gasteiger partial charge in [0.1, 0.15) is 0 Å². The Morgan fingerprint density at radius 2 is 1.69 bits per heavy atom. The summed E-state index contributed by atoms with van der Waals surface area (Å²) in [5.41, 5.74) is 4.61. The van der Waals surface area contributed by atoms with Crippen molar-refractivity contribution in [3.63, 3.8) is 0 Å². The van der Waals surface area contributed by atoms with Crippen LogP contribution in [0, 0.1) is 0 Å². The van der Waals surface area contributed by atoms with Crippen LogP contribution in [0.15, 0.2) is 12.1 Å². The molecule has 0 heterocycles. The molecule has 1 aromatic carbocycles. The molecule has 0 atom stereocenters. The van der Waals surface area contributed by atoms with Crippen LogP contribution in [0.2, 0.25) is 0 Å². The average molecular weight is 216 g/mol. The molecule has 2 aliphatic rings. The average Bonchev–Trinajstić information content (AvgIpc) is 2.29. The summed E-state index contributed by atoms with van der Waals surface area (Å²) in [6.07, 6.45) is 7.18. The van der Waals surface area contributed by atoms with E-state index in [1.807, 2.05) is 12.1 Å². The standard InChI is InChI=1S/C14H16O2/c15-14(16)12-7-10-5-1-3-9-4-2-6-11(8-12)13(9)10/h7-9H,1-6H2,(H,15,16). The van der Waals surface area contributed by atoms with Crippen molar-refractivity contribution >= 4 is 5.97 Å². The predicted octanol–water partition coefficient (Wildman–Crippen LogP) is 3.14. The summed E-state index contributed by atoms with van der Waals surface area (Å²) in [4.78, 5) is 11.1. The lowest BCUT2D eigenvalue weighted by atomic mass is 9.73. The first-order chi connectivity index (χ1) is 7.75. The minimum Gasteiger partial charge on any atom is -0.478 e. The zero-order chi connectivity index (χ0) is 11.1. The van der Waals surface area contributed by atoms with E-state index in [2.05, 4.69) is 0 Å². The van der Waals surface area contributed by atoms with Gasteiger partial charge in [-0.15, -0.1) is 0 Å². The number of carbonyl (C=O) groups is 1. The van der Waals surface area contributed by atoms with Crippen LogP contribution in [0.3, 0.4) is 0 Å². The first-order valence-electron chi connectivity index (χ1n) is 6.14. The van der Waals surface area contributed by atoms with Crippen molar-refractivity contribution in [1.29, 1.82) is 0 Å². The fraction of sp³-hybridized carbons (Fsp3) is 0.500. The molecule has 2 heteroatoms. The Balaban J connectivity index is 2.17. The summed E-state index contributed by atoms with van der Waals surface area (Å²) in [6.45, 7) is 0. The molecule has 0 aromatic heterocycles. The lowest BCUT2D eigenvalue weighted by molar-refractivity contribution is 0.0696. The van der Waals surface area contributed by atoms with Gasteiger partial charge in [-0.2, -0.15) is 0 Å². The molecule has 16 heavy (non-hydrogen) atoms. The molecular formula is C14H16O2. The first-order valence-corrected chi connectivity index (χ1v) is 6.14. The summed E-state index contributed by atoms with van der Waals surface area (Å²) >= 11 is 0. The third-order valence-electron chi connectivity index (χ3n) is 4.00. The van der Waals surface area contributed by atoms with Crippen LogP contribution in [0.4, 0.5) is 0 Å². The van der Waals surface area contributed by atoms with E-state index in [1.165, 1.54) is 42.4 Å². The van der Waals surface area contributed by atoms with Gasteiger partial charge in [0, 0.05) is 0 Å². The maximum Gasteiger partial charge on any atom is 0.335 e. The molecule has 0 aliphatic heterocycles. The summed E-state index contributed by atoms with van der Waals surface area (Å²) < 4.78 is 0. The summed E-state index contributed by atoms with van der Waals surface area (Å²) in [7, 11) is 0. The van der Waals surface area contributed by atoms with Crippen molar-refractivity contribution in [2.24, 2.45) is 0 Å².